The van der Waals surface area contributed by atoms with Crippen molar-refractivity contribution < 1.29 is 9.90 Å². The van der Waals surface area contributed by atoms with E-state index in [2.05, 4.69) is 15.9 Å². The minimum absolute atomic E-state index is 0.424. The predicted molar refractivity (Wildman–Crippen MR) is 67.6 cm³/mol. The Morgan fingerprint density at radius 1 is 1.56 bits per heavy atom. The van der Waals surface area contributed by atoms with Gasteiger partial charge < -0.3 is 15.7 Å². The van der Waals surface area contributed by atoms with E-state index < -0.39 is 12.0 Å². The number of carboxylic acid groups (broad SMARTS) is 1. The van der Waals surface area contributed by atoms with Crippen LogP contribution in [0, 0.1) is 0 Å². The fourth-order valence-corrected chi connectivity index (χ4v) is 1.93. The molecule has 0 saturated carbocycles. The molecule has 4 nitrogen and oxygen atoms in total. The number of carboxylic acids is 1. The normalized spacial score (nSPS) is 12.2. The van der Waals surface area contributed by atoms with Crippen LogP contribution in [0.5, 0.6) is 0 Å². The summed E-state index contributed by atoms with van der Waals surface area (Å²) in [6.07, 6.45) is 0.424. The molecule has 1 aromatic rings. The van der Waals surface area contributed by atoms with Crippen LogP contribution in [0.1, 0.15) is 6.42 Å². The third-order valence-corrected chi connectivity index (χ3v) is 3.03. The van der Waals surface area contributed by atoms with Crippen molar-refractivity contribution in [2.24, 2.45) is 5.73 Å². The molecule has 0 bridgehead atoms. The molecule has 88 valence electrons. The molecular formula is C11H15BrN2O2. The van der Waals surface area contributed by atoms with Crippen LogP contribution in [0.3, 0.4) is 0 Å². The van der Waals surface area contributed by atoms with Gasteiger partial charge in [-0.3, -0.25) is 4.79 Å². The number of nitrogens with zero attached hydrogens (tertiary/aromatic N) is 1. The summed E-state index contributed by atoms with van der Waals surface area (Å²) in [5.74, 6) is -0.958. The lowest BCUT2D eigenvalue weighted by atomic mass is 10.2. The van der Waals surface area contributed by atoms with Gasteiger partial charge in [-0.15, -0.1) is 0 Å². The van der Waals surface area contributed by atoms with Gasteiger partial charge in [0.15, 0.2) is 0 Å². The van der Waals surface area contributed by atoms with Crippen LogP contribution in [-0.2, 0) is 4.79 Å². The highest BCUT2D eigenvalue weighted by Crippen LogP contribution is 2.24. The van der Waals surface area contributed by atoms with E-state index in [1.165, 1.54) is 0 Å². The molecule has 1 rings (SSSR count). The monoisotopic (exact) mass is 286 g/mol. The molecule has 1 unspecified atom stereocenters. The van der Waals surface area contributed by atoms with Crippen molar-refractivity contribution in [1.29, 1.82) is 0 Å². The molecule has 0 saturated heterocycles. The van der Waals surface area contributed by atoms with E-state index >= 15 is 0 Å². The summed E-state index contributed by atoms with van der Waals surface area (Å²) in [5.41, 5.74) is 6.47. The van der Waals surface area contributed by atoms with Gasteiger partial charge in [0.25, 0.3) is 0 Å². The number of benzene rings is 1. The smallest absolute Gasteiger partial charge is 0.320 e. The van der Waals surface area contributed by atoms with Crippen molar-refractivity contribution in [3.63, 3.8) is 0 Å². The molecule has 0 amide bonds. The third kappa shape index (κ3) is 3.50. The Labute approximate surface area is 103 Å². The van der Waals surface area contributed by atoms with Crippen LogP contribution in [-0.4, -0.2) is 30.7 Å². The number of para-hydroxylation sites is 1. The molecule has 0 fully saturated rings. The number of carbonyl (C=O) groups is 1. The Balaban J connectivity index is 2.56. The first-order valence-corrected chi connectivity index (χ1v) is 5.75. The van der Waals surface area contributed by atoms with E-state index in [0.717, 1.165) is 10.2 Å². The molecule has 5 heteroatoms. The third-order valence-electron chi connectivity index (χ3n) is 2.36. The fraction of sp³-hybridized carbons (Fsp3) is 0.364. The van der Waals surface area contributed by atoms with Crippen molar-refractivity contribution in [1.82, 2.24) is 0 Å². The average molecular weight is 287 g/mol. The molecule has 0 aliphatic carbocycles. The molecule has 0 heterocycles. The van der Waals surface area contributed by atoms with E-state index in [-0.39, 0.29) is 0 Å². The lowest BCUT2D eigenvalue weighted by Gasteiger charge is -2.21. The van der Waals surface area contributed by atoms with Gasteiger partial charge in [0.05, 0.1) is 5.69 Å². The van der Waals surface area contributed by atoms with Gasteiger partial charge in [-0.1, -0.05) is 12.1 Å². The molecule has 3 N–H and O–H groups in total. The summed E-state index contributed by atoms with van der Waals surface area (Å²) in [6.45, 7) is 0.607. The van der Waals surface area contributed by atoms with Gasteiger partial charge in [0, 0.05) is 18.1 Å². The first-order chi connectivity index (χ1) is 7.52. The van der Waals surface area contributed by atoms with E-state index in [0.29, 0.717) is 13.0 Å². The lowest BCUT2D eigenvalue weighted by molar-refractivity contribution is -0.138. The Morgan fingerprint density at radius 3 is 2.75 bits per heavy atom. The van der Waals surface area contributed by atoms with Crippen LogP contribution in [0.15, 0.2) is 28.7 Å². The van der Waals surface area contributed by atoms with Crippen LogP contribution in [0.25, 0.3) is 0 Å². The quantitative estimate of drug-likeness (QED) is 0.864. The predicted octanol–water partition coefficient (Wildman–Crippen LogP) is 1.69. The van der Waals surface area contributed by atoms with E-state index in [4.69, 9.17) is 10.8 Å². The highest BCUT2D eigenvalue weighted by Gasteiger charge is 2.13. The number of rotatable bonds is 5. The number of nitrogens with two attached hydrogens (primary N) is 1. The van der Waals surface area contributed by atoms with Crippen molar-refractivity contribution in [3.8, 4) is 0 Å². The maximum Gasteiger partial charge on any atom is 0.320 e. The Hall–Kier alpha value is -1.07. The second kappa shape index (κ2) is 5.86. The van der Waals surface area contributed by atoms with Gasteiger partial charge in [-0.25, -0.2) is 0 Å². The van der Waals surface area contributed by atoms with Gasteiger partial charge in [0.1, 0.15) is 6.04 Å². The molecule has 0 radical (unpaired) electrons. The van der Waals surface area contributed by atoms with Crippen molar-refractivity contribution in [2.75, 3.05) is 18.5 Å². The van der Waals surface area contributed by atoms with E-state index in [1.54, 1.807) is 0 Å². The second-order valence-electron chi connectivity index (χ2n) is 3.61. The largest absolute Gasteiger partial charge is 0.480 e. The summed E-state index contributed by atoms with van der Waals surface area (Å²) in [5, 5.41) is 8.67. The average Bonchev–Trinajstić information content (AvgIpc) is 2.25. The maximum absolute atomic E-state index is 10.6. The van der Waals surface area contributed by atoms with E-state index in [9.17, 15) is 4.79 Å². The minimum atomic E-state index is -0.958. The fourth-order valence-electron chi connectivity index (χ4n) is 1.34. The Bertz CT molecular complexity index is 371. The Kier molecular flexibility index (Phi) is 4.76. The molecule has 0 aliphatic heterocycles. The number of anilines is 1. The topological polar surface area (TPSA) is 66.6 Å². The summed E-state index contributed by atoms with van der Waals surface area (Å²) in [7, 11) is 1.91. The number of halogens is 1. The van der Waals surface area contributed by atoms with Crippen molar-refractivity contribution in [3.05, 3.63) is 28.7 Å². The molecule has 0 aromatic heterocycles. The highest BCUT2D eigenvalue weighted by molar-refractivity contribution is 9.10. The van der Waals surface area contributed by atoms with Crippen LogP contribution < -0.4 is 10.6 Å². The number of hydrogen-bond acceptors (Lipinski definition) is 3. The van der Waals surface area contributed by atoms with Crippen molar-refractivity contribution >= 4 is 27.6 Å². The first-order valence-electron chi connectivity index (χ1n) is 4.96. The minimum Gasteiger partial charge on any atom is -0.480 e. The van der Waals surface area contributed by atoms with Crippen molar-refractivity contribution in [2.45, 2.75) is 12.5 Å². The van der Waals surface area contributed by atoms with Crippen LogP contribution >= 0.6 is 15.9 Å². The zero-order chi connectivity index (χ0) is 12.1. The number of aliphatic carboxylic acids is 1. The maximum atomic E-state index is 10.6. The SMILES string of the molecule is CN(CCC(N)C(=O)O)c1ccccc1Br. The van der Waals surface area contributed by atoms with Gasteiger partial charge >= 0.3 is 5.97 Å². The molecular weight excluding hydrogens is 272 g/mol. The molecule has 1 aromatic carbocycles. The summed E-state index contributed by atoms with van der Waals surface area (Å²) >= 11 is 3.44. The molecule has 0 spiro atoms. The zero-order valence-electron chi connectivity index (χ0n) is 9.06. The zero-order valence-corrected chi connectivity index (χ0v) is 10.6. The van der Waals surface area contributed by atoms with Gasteiger partial charge in [0.2, 0.25) is 0 Å². The standard InChI is InChI=1S/C11H15BrN2O2/c1-14(7-6-9(13)11(15)16)10-5-3-2-4-8(10)12/h2-5,9H,6-7,13H2,1H3,(H,15,16). The summed E-state index contributed by atoms with van der Waals surface area (Å²) in [6, 6.07) is 6.99. The van der Waals surface area contributed by atoms with Gasteiger partial charge in [-0.05, 0) is 34.5 Å². The molecule has 1 atom stereocenters. The lowest BCUT2D eigenvalue weighted by Crippen LogP contribution is -2.34. The number of hydrogen-bond donors (Lipinski definition) is 2. The highest BCUT2D eigenvalue weighted by atomic mass is 79.9. The Morgan fingerprint density at radius 2 is 2.19 bits per heavy atom. The molecule has 16 heavy (non-hydrogen) atoms. The van der Waals surface area contributed by atoms with Crippen LogP contribution in [0.2, 0.25) is 0 Å². The second-order valence-corrected chi connectivity index (χ2v) is 4.46. The first kappa shape index (κ1) is 13.0. The summed E-state index contributed by atoms with van der Waals surface area (Å²) in [4.78, 5) is 12.5. The van der Waals surface area contributed by atoms with Crippen LogP contribution in [0.4, 0.5) is 5.69 Å². The van der Waals surface area contributed by atoms with E-state index in [1.807, 2.05) is 36.2 Å². The van der Waals surface area contributed by atoms with Gasteiger partial charge in [-0.2, -0.15) is 0 Å². The molecule has 0 aliphatic rings. The summed E-state index contributed by atoms with van der Waals surface area (Å²) < 4.78 is 0.987.